The number of aryl methyl sites for hydroxylation is 1. The molecular formula is C19H26O4S. The molecule has 4 unspecified atom stereocenters. The van der Waals surface area contributed by atoms with Crippen LogP contribution in [-0.4, -0.2) is 26.7 Å². The standard InChI is InChI=1S/C19H26O4S/c1-11-6-7-14(24(5,21)22)10-15(11)18(20)23-17-9-13-8-16(12(17)2)19(13,3)4/h6-7,10,12-13,16-17H,8-9H2,1-5H3. The topological polar surface area (TPSA) is 60.4 Å². The molecule has 4 atom stereocenters. The summed E-state index contributed by atoms with van der Waals surface area (Å²) in [4.78, 5) is 12.8. The summed E-state index contributed by atoms with van der Waals surface area (Å²) in [5, 5.41) is 0. The number of carbonyl (C=O) groups is 1. The van der Waals surface area contributed by atoms with E-state index in [1.807, 2.05) is 0 Å². The van der Waals surface area contributed by atoms with E-state index in [0.29, 0.717) is 28.7 Å². The van der Waals surface area contributed by atoms with Crippen molar-refractivity contribution in [2.24, 2.45) is 23.2 Å². The molecule has 5 heteroatoms. The molecule has 2 bridgehead atoms. The van der Waals surface area contributed by atoms with Gasteiger partial charge in [0.1, 0.15) is 6.10 Å². The van der Waals surface area contributed by atoms with Crippen LogP contribution in [-0.2, 0) is 14.6 Å². The highest BCUT2D eigenvalue weighted by Gasteiger charge is 2.57. The van der Waals surface area contributed by atoms with Gasteiger partial charge in [-0.2, -0.15) is 0 Å². The lowest BCUT2D eigenvalue weighted by Crippen LogP contribution is -2.57. The molecule has 0 N–H and O–H groups in total. The van der Waals surface area contributed by atoms with Gasteiger partial charge in [-0.1, -0.05) is 26.8 Å². The number of sulfone groups is 1. The largest absolute Gasteiger partial charge is 0.458 e. The average Bonchev–Trinajstić information content (AvgIpc) is 2.47. The summed E-state index contributed by atoms with van der Waals surface area (Å²) in [5.41, 5.74) is 1.43. The van der Waals surface area contributed by atoms with Gasteiger partial charge in [-0.3, -0.25) is 0 Å². The monoisotopic (exact) mass is 350 g/mol. The van der Waals surface area contributed by atoms with E-state index in [1.54, 1.807) is 13.0 Å². The van der Waals surface area contributed by atoms with Gasteiger partial charge in [0.2, 0.25) is 0 Å². The Morgan fingerprint density at radius 1 is 1.25 bits per heavy atom. The summed E-state index contributed by atoms with van der Waals surface area (Å²) in [6.45, 7) is 8.58. The van der Waals surface area contributed by atoms with E-state index in [0.717, 1.165) is 18.2 Å². The van der Waals surface area contributed by atoms with Crippen LogP contribution in [0.3, 0.4) is 0 Å². The number of carbonyl (C=O) groups excluding carboxylic acids is 1. The lowest BCUT2D eigenvalue weighted by atomic mass is 9.45. The third kappa shape index (κ3) is 2.77. The zero-order valence-corrected chi connectivity index (χ0v) is 15.8. The number of hydrogen-bond donors (Lipinski definition) is 0. The quantitative estimate of drug-likeness (QED) is 0.781. The normalized spacial score (nSPS) is 31.2. The molecule has 3 aliphatic carbocycles. The molecule has 3 aliphatic rings. The first kappa shape index (κ1) is 17.5. The van der Waals surface area contributed by atoms with Crippen LogP contribution in [0.4, 0.5) is 0 Å². The number of fused-ring (bicyclic) bond motifs is 2. The molecule has 24 heavy (non-hydrogen) atoms. The molecule has 3 fully saturated rings. The van der Waals surface area contributed by atoms with E-state index >= 15 is 0 Å². The van der Waals surface area contributed by atoms with Crippen molar-refractivity contribution in [2.75, 3.05) is 6.26 Å². The van der Waals surface area contributed by atoms with Crippen LogP contribution < -0.4 is 0 Å². The number of hydrogen-bond acceptors (Lipinski definition) is 4. The molecule has 1 aromatic carbocycles. The van der Waals surface area contributed by atoms with Gasteiger partial charge >= 0.3 is 5.97 Å². The Bertz CT molecular complexity index is 779. The Morgan fingerprint density at radius 2 is 1.92 bits per heavy atom. The molecule has 0 saturated heterocycles. The number of benzene rings is 1. The third-order valence-corrected chi connectivity index (χ3v) is 7.51. The van der Waals surface area contributed by atoms with Gasteiger partial charge in [-0.15, -0.1) is 0 Å². The first-order valence-corrected chi connectivity index (χ1v) is 10.4. The van der Waals surface area contributed by atoms with Crippen LogP contribution in [0, 0.1) is 30.1 Å². The smallest absolute Gasteiger partial charge is 0.338 e. The van der Waals surface area contributed by atoms with Gasteiger partial charge in [0.05, 0.1) is 10.5 Å². The predicted octanol–water partition coefficient (Wildman–Crippen LogP) is 3.63. The van der Waals surface area contributed by atoms with Crippen molar-refractivity contribution in [1.29, 1.82) is 0 Å². The van der Waals surface area contributed by atoms with E-state index in [9.17, 15) is 13.2 Å². The molecule has 0 aliphatic heterocycles. The molecule has 0 aromatic heterocycles. The summed E-state index contributed by atoms with van der Waals surface area (Å²) < 4.78 is 29.3. The fourth-order valence-electron chi connectivity index (χ4n) is 4.51. The van der Waals surface area contributed by atoms with Gasteiger partial charge in [0.25, 0.3) is 0 Å². The van der Waals surface area contributed by atoms with E-state index in [2.05, 4.69) is 20.8 Å². The molecule has 0 heterocycles. The van der Waals surface area contributed by atoms with E-state index in [4.69, 9.17) is 4.74 Å². The van der Waals surface area contributed by atoms with Gasteiger partial charge in [-0.25, -0.2) is 13.2 Å². The maximum Gasteiger partial charge on any atom is 0.338 e. The summed E-state index contributed by atoms with van der Waals surface area (Å²) in [6, 6.07) is 4.63. The third-order valence-electron chi connectivity index (χ3n) is 6.40. The number of esters is 1. The van der Waals surface area contributed by atoms with Crippen molar-refractivity contribution >= 4 is 15.8 Å². The van der Waals surface area contributed by atoms with E-state index in [-0.39, 0.29) is 11.0 Å². The Balaban J connectivity index is 1.79. The highest BCUT2D eigenvalue weighted by Crippen LogP contribution is 2.61. The highest BCUT2D eigenvalue weighted by molar-refractivity contribution is 7.90. The molecule has 132 valence electrons. The first-order chi connectivity index (χ1) is 11.0. The van der Waals surface area contributed by atoms with Crippen LogP contribution in [0.25, 0.3) is 0 Å². The molecule has 1 aromatic rings. The van der Waals surface area contributed by atoms with Crippen molar-refractivity contribution in [3.8, 4) is 0 Å². The van der Waals surface area contributed by atoms with Gasteiger partial charge in [0, 0.05) is 6.26 Å². The highest BCUT2D eigenvalue weighted by atomic mass is 32.2. The Morgan fingerprint density at radius 3 is 2.46 bits per heavy atom. The molecule has 3 saturated carbocycles. The van der Waals surface area contributed by atoms with Gasteiger partial charge in [0.15, 0.2) is 9.84 Å². The second kappa shape index (κ2) is 5.58. The summed E-state index contributed by atoms with van der Waals surface area (Å²) in [5.74, 6) is 1.14. The minimum absolute atomic E-state index is 0.0736. The SMILES string of the molecule is Cc1ccc(S(C)(=O)=O)cc1C(=O)OC1CC2CC(C1C)C2(C)C. The molecule has 0 amide bonds. The number of ether oxygens (including phenoxy) is 1. The van der Waals surface area contributed by atoms with Crippen LogP contribution in [0.1, 0.15) is 49.5 Å². The summed E-state index contributed by atoms with van der Waals surface area (Å²) >= 11 is 0. The van der Waals surface area contributed by atoms with Crippen molar-refractivity contribution < 1.29 is 17.9 Å². The molecular weight excluding hydrogens is 324 g/mol. The fourth-order valence-corrected chi connectivity index (χ4v) is 5.16. The minimum atomic E-state index is -3.34. The maximum atomic E-state index is 12.6. The average molecular weight is 350 g/mol. The maximum absolute atomic E-state index is 12.6. The van der Waals surface area contributed by atoms with Crippen molar-refractivity contribution in [1.82, 2.24) is 0 Å². The molecule has 0 radical (unpaired) electrons. The van der Waals surface area contributed by atoms with Gasteiger partial charge < -0.3 is 4.74 Å². The first-order valence-electron chi connectivity index (χ1n) is 8.53. The molecule has 0 spiro atoms. The predicted molar refractivity (Wildman–Crippen MR) is 92.7 cm³/mol. The van der Waals surface area contributed by atoms with Gasteiger partial charge in [-0.05, 0) is 60.6 Å². The Labute approximate surface area is 144 Å². The van der Waals surface area contributed by atoms with Crippen LogP contribution in [0.2, 0.25) is 0 Å². The lowest BCUT2D eigenvalue weighted by Gasteiger charge is -2.61. The zero-order valence-electron chi connectivity index (χ0n) is 15.0. The summed E-state index contributed by atoms with van der Waals surface area (Å²) in [6.07, 6.45) is 3.20. The lowest BCUT2D eigenvalue weighted by molar-refractivity contribution is -0.156. The number of rotatable bonds is 3. The van der Waals surface area contributed by atoms with Crippen molar-refractivity contribution in [3.05, 3.63) is 29.3 Å². The van der Waals surface area contributed by atoms with Crippen molar-refractivity contribution in [2.45, 2.75) is 51.5 Å². The molecule has 4 rings (SSSR count). The minimum Gasteiger partial charge on any atom is -0.458 e. The Hall–Kier alpha value is -1.36. The molecule has 4 nitrogen and oxygen atoms in total. The van der Waals surface area contributed by atoms with Crippen LogP contribution >= 0.6 is 0 Å². The Kier molecular flexibility index (Phi) is 4.06. The van der Waals surface area contributed by atoms with E-state index in [1.165, 1.54) is 18.6 Å². The van der Waals surface area contributed by atoms with E-state index < -0.39 is 15.8 Å². The van der Waals surface area contributed by atoms with Crippen LogP contribution in [0.15, 0.2) is 23.1 Å². The van der Waals surface area contributed by atoms with Crippen molar-refractivity contribution in [3.63, 3.8) is 0 Å². The second-order valence-electron chi connectivity index (χ2n) is 8.15. The zero-order chi connectivity index (χ0) is 17.9. The summed E-state index contributed by atoms with van der Waals surface area (Å²) in [7, 11) is -3.34. The second-order valence-corrected chi connectivity index (χ2v) is 10.2. The fraction of sp³-hybridized carbons (Fsp3) is 0.632. The van der Waals surface area contributed by atoms with Crippen LogP contribution in [0.5, 0.6) is 0 Å².